The first-order valence-corrected chi connectivity index (χ1v) is 11.4. The van der Waals surface area contributed by atoms with E-state index in [4.69, 9.17) is 23.2 Å². The number of hydrogen-bond donors (Lipinski definition) is 0. The van der Waals surface area contributed by atoms with E-state index in [1.165, 1.54) is 11.4 Å². The van der Waals surface area contributed by atoms with Gasteiger partial charge >= 0.3 is 0 Å². The number of rotatable bonds is 8. The summed E-state index contributed by atoms with van der Waals surface area (Å²) in [5, 5.41) is 1.20. The molecular formula is C26H29Cl2N2. The molecule has 0 amide bonds. The molecule has 0 aliphatic carbocycles. The van der Waals surface area contributed by atoms with Gasteiger partial charge in [-0.15, -0.1) is 0 Å². The van der Waals surface area contributed by atoms with Gasteiger partial charge in [-0.2, -0.15) is 0 Å². The van der Waals surface area contributed by atoms with E-state index in [2.05, 4.69) is 92.1 Å². The van der Waals surface area contributed by atoms with Crippen molar-refractivity contribution in [2.45, 2.75) is 27.7 Å². The van der Waals surface area contributed by atoms with Crippen molar-refractivity contribution >= 4 is 34.6 Å². The van der Waals surface area contributed by atoms with Crippen LogP contribution < -0.4 is 9.80 Å². The Morgan fingerprint density at radius 1 is 0.667 bits per heavy atom. The van der Waals surface area contributed by atoms with Gasteiger partial charge in [0.1, 0.15) is 0 Å². The van der Waals surface area contributed by atoms with E-state index >= 15 is 0 Å². The summed E-state index contributed by atoms with van der Waals surface area (Å²) in [5.41, 5.74) is 6.24. The SMILES string of the molecule is CCN(CC)c1ccc(-c2c[c]c(Cl)c(-c3ccc(N(CC)CC)cc3)c2Cl)cc1. The van der Waals surface area contributed by atoms with Crippen molar-refractivity contribution in [2.75, 3.05) is 36.0 Å². The Morgan fingerprint density at radius 3 is 1.53 bits per heavy atom. The molecule has 0 spiro atoms. The fraction of sp³-hybridized carbons (Fsp3) is 0.308. The van der Waals surface area contributed by atoms with Crippen LogP contribution >= 0.6 is 23.2 Å². The second kappa shape index (κ2) is 10.2. The van der Waals surface area contributed by atoms with Crippen molar-refractivity contribution in [1.29, 1.82) is 0 Å². The van der Waals surface area contributed by atoms with Crippen molar-refractivity contribution in [1.82, 2.24) is 0 Å². The first-order valence-electron chi connectivity index (χ1n) is 10.6. The van der Waals surface area contributed by atoms with E-state index < -0.39 is 0 Å². The number of hydrogen-bond acceptors (Lipinski definition) is 2. The predicted octanol–water partition coefficient (Wildman–Crippen LogP) is 7.82. The minimum atomic E-state index is 0.541. The maximum Gasteiger partial charge on any atom is 0.0578 e. The van der Waals surface area contributed by atoms with Gasteiger partial charge in [-0.1, -0.05) is 47.5 Å². The molecule has 0 fully saturated rings. The first-order chi connectivity index (χ1) is 14.5. The highest BCUT2D eigenvalue weighted by Crippen LogP contribution is 2.41. The van der Waals surface area contributed by atoms with E-state index in [-0.39, 0.29) is 0 Å². The summed E-state index contributed by atoms with van der Waals surface area (Å²) < 4.78 is 0. The fourth-order valence-electron chi connectivity index (χ4n) is 3.83. The summed E-state index contributed by atoms with van der Waals surface area (Å²) in [6, 6.07) is 22.0. The number of halogens is 2. The molecule has 1 radical (unpaired) electrons. The summed E-state index contributed by atoms with van der Waals surface area (Å²) in [4.78, 5) is 4.63. The van der Waals surface area contributed by atoms with Gasteiger partial charge < -0.3 is 9.80 Å². The second-order valence-corrected chi connectivity index (χ2v) is 7.90. The van der Waals surface area contributed by atoms with Crippen molar-refractivity contribution < 1.29 is 0 Å². The topological polar surface area (TPSA) is 6.48 Å². The van der Waals surface area contributed by atoms with E-state index in [0.717, 1.165) is 48.4 Å². The Balaban J connectivity index is 1.98. The van der Waals surface area contributed by atoms with E-state index in [1.807, 2.05) is 6.07 Å². The van der Waals surface area contributed by atoms with Crippen LogP contribution in [0.15, 0.2) is 54.6 Å². The highest BCUT2D eigenvalue weighted by molar-refractivity contribution is 6.41. The van der Waals surface area contributed by atoms with Crippen LogP contribution in [0, 0.1) is 6.07 Å². The largest absolute Gasteiger partial charge is 0.372 e. The number of anilines is 2. The molecule has 157 valence electrons. The molecule has 0 bridgehead atoms. The third kappa shape index (κ3) is 4.61. The molecule has 0 unspecified atom stereocenters. The standard InChI is InChI=1S/C26H29Cl2N2/c1-5-29(6-2)21-13-9-19(10-14-21)23-17-18-24(27)25(26(23)28)20-11-15-22(16-12-20)30(7-3)8-4/h9-17H,5-8H2,1-4H3. The van der Waals surface area contributed by atoms with E-state index in [0.29, 0.717) is 10.0 Å². The maximum atomic E-state index is 6.87. The lowest BCUT2D eigenvalue weighted by Crippen LogP contribution is -2.21. The van der Waals surface area contributed by atoms with Crippen molar-refractivity contribution in [2.24, 2.45) is 0 Å². The zero-order valence-corrected chi connectivity index (χ0v) is 19.7. The van der Waals surface area contributed by atoms with Crippen LogP contribution in [0.25, 0.3) is 22.3 Å². The predicted molar refractivity (Wildman–Crippen MR) is 133 cm³/mol. The van der Waals surface area contributed by atoms with Gasteiger partial charge in [0, 0.05) is 54.7 Å². The molecule has 0 aromatic heterocycles. The maximum absolute atomic E-state index is 6.87. The zero-order valence-electron chi connectivity index (χ0n) is 18.2. The minimum Gasteiger partial charge on any atom is -0.372 e. The van der Waals surface area contributed by atoms with Crippen LogP contribution in [0.2, 0.25) is 10.0 Å². The van der Waals surface area contributed by atoms with Crippen molar-refractivity contribution in [3.8, 4) is 22.3 Å². The van der Waals surface area contributed by atoms with Crippen molar-refractivity contribution in [3.05, 3.63) is 70.7 Å². The van der Waals surface area contributed by atoms with Gasteiger partial charge in [-0.05, 0) is 69.2 Å². The van der Waals surface area contributed by atoms with Crippen LogP contribution in [-0.4, -0.2) is 26.2 Å². The number of nitrogens with zero attached hydrogens (tertiary/aromatic N) is 2. The summed E-state index contributed by atoms with van der Waals surface area (Å²) in [5.74, 6) is 0. The Kier molecular flexibility index (Phi) is 7.69. The molecule has 30 heavy (non-hydrogen) atoms. The quantitative estimate of drug-likeness (QED) is 0.352. The Labute approximate surface area is 191 Å². The van der Waals surface area contributed by atoms with Gasteiger partial charge in [-0.25, -0.2) is 0 Å². The van der Waals surface area contributed by atoms with Gasteiger partial charge in [0.15, 0.2) is 0 Å². The van der Waals surface area contributed by atoms with Crippen molar-refractivity contribution in [3.63, 3.8) is 0 Å². The molecule has 0 saturated carbocycles. The molecular weight excluding hydrogens is 411 g/mol. The molecule has 3 aromatic rings. The van der Waals surface area contributed by atoms with Gasteiger partial charge in [0.05, 0.1) is 10.0 Å². The normalized spacial score (nSPS) is 10.9. The minimum absolute atomic E-state index is 0.541. The lowest BCUT2D eigenvalue weighted by molar-refractivity contribution is 0.866. The summed E-state index contributed by atoms with van der Waals surface area (Å²) >= 11 is 13.4. The average molecular weight is 440 g/mol. The molecule has 0 saturated heterocycles. The molecule has 3 rings (SSSR count). The molecule has 0 heterocycles. The van der Waals surface area contributed by atoms with Gasteiger partial charge in [0.2, 0.25) is 0 Å². The molecule has 0 atom stereocenters. The Morgan fingerprint density at radius 2 is 1.10 bits per heavy atom. The molecule has 2 nitrogen and oxygen atoms in total. The smallest absolute Gasteiger partial charge is 0.0578 e. The zero-order chi connectivity index (χ0) is 21.7. The molecule has 0 aliphatic rings. The lowest BCUT2D eigenvalue weighted by atomic mass is 9.98. The van der Waals surface area contributed by atoms with Crippen LogP contribution in [0.1, 0.15) is 27.7 Å². The van der Waals surface area contributed by atoms with Crippen LogP contribution in [0.3, 0.4) is 0 Å². The first kappa shape index (κ1) is 22.5. The molecule has 3 aromatic carbocycles. The highest BCUT2D eigenvalue weighted by atomic mass is 35.5. The lowest BCUT2D eigenvalue weighted by Gasteiger charge is -2.22. The van der Waals surface area contributed by atoms with Crippen LogP contribution in [0.4, 0.5) is 11.4 Å². The average Bonchev–Trinajstić information content (AvgIpc) is 2.77. The number of benzene rings is 3. The highest BCUT2D eigenvalue weighted by Gasteiger charge is 2.15. The third-order valence-electron chi connectivity index (χ3n) is 5.61. The monoisotopic (exact) mass is 439 g/mol. The molecule has 0 N–H and O–H groups in total. The fourth-order valence-corrected chi connectivity index (χ4v) is 4.51. The Hall–Kier alpha value is -2.16. The Bertz CT molecular complexity index is 958. The van der Waals surface area contributed by atoms with E-state index in [1.54, 1.807) is 0 Å². The van der Waals surface area contributed by atoms with E-state index in [9.17, 15) is 0 Å². The molecule has 4 heteroatoms. The summed E-state index contributed by atoms with van der Waals surface area (Å²) in [6.45, 7) is 12.6. The van der Waals surface area contributed by atoms with Crippen LogP contribution in [-0.2, 0) is 0 Å². The summed E-state index contributed by atoms with van der Waals surface area (Å²) in [6.07, 6.45) is 0. The summed E-state index contributed by atoms with van der Waals surface area (Å²) in [7, 11) is 0. The second-order valence-electron chi connectivity index (χ2n) is 7.14. The van der Waals surface area contributed by atoms with Gasteiger partial charge in [0.25, 0.3) is 0 Å². The van der Waals surface area contributed by atoms with Gasteiger partial charge in [-0.3, -0.25) is 0 Å². The van der Waals surface area contributed by atoms with Crippen LogP contribution in [0.5, 0.6) is 0 Å². The molecule has 0 aliphatic heterocycles. The third-order valence-corrected chi connectivity index (χ3v) is 6.30.